The second-order valence-corrected chi connectivity index (χ2v) is 8.21. The van der Waals surface area contributed by atoms with Crippen molar-refractivity contribution in [1.29, 1.82) is 0 Å². The summed E-state index contributed by atoms with van der Waals surface area (Å²) in [6.07, 6.45) is 2.08. The van der Waals surface area contributed by atoms with Gasteiger partial charge < -0.3 is 4.98 Å². The Morgan fingerprint density at radius 1 is 0.939 bits per heavy atom. The van der Waals surface area contributed by atoms with Crippen molar-refractivity contribution in [3.05, 3.63) is 113 Å². The first kappa shape index (κ1) is 20.8. The van der Waals surface area contributed by atoms with Crippen molar-refractivity contribution in [3.63, 3.8) is 0 Å². The molecule has 0 saturated heterocycles. The molecule has 2 heterocycles. The molecule has 0 aliphatic heterocycles. The number of hydrogen-bond acceptors (Lipinski definition) is 4. The number of aromatic amines is 1. The van der Waals surface area contributed by atoms with Gasteiger partial charge in [0, 0.05) is 23.9 Å². The second-order valence-electron chi connectivity index (χ2n) is 8.21. The van der Waals surface area contributed by atoms with Crippen molar-refractivity contribution < 1.29 is 0 Å². The Bertz CT molecular complexity index is 1440. The van der Waals surface area contributed by atoms with E-state index < -0.39 is 0 Å². The lowest BCUT2D eigenvalue weighted by molar-refractivity contribution is 0.244. The van der Waals surface area contributed by atoms with Crippen LogP contribution in [-0.2, 0) is 6.54 Å². The van der Waals surface area contributed by atoms with Gasteiger partial charge in [0.1, 0.15) is 5.82 Å². The highest BCUT2D eigenvalue weighted by atomic mass is 16.1. The first-order chi connectivity index (χ1) is 16.1. The van der Waals surface area contributed by atoms with E-state index in [1.807, 2.05) is 78.5 Å². The summed E-state index contributed by atoms with van der Waals surface area (Å²) in [5.74, 6) is 0.651. The number of nitrogens with zero attached hydrogens (tertiary/aromatic N) is 4. The fourth-order valence-electron chi connectivity index (χ4n) is 3.99. The Hall–Kier alpha value is -4.03. The van der Waals surface area contributed by atoms with Crippen LogP contribution in [0.1, 0.15) is 24.4 Å². The van der Waals surface area contributed by atoms with Gasteiger partial charge in [-0.1, -0.05) is 60.7 Å². The van der Waals surface area contributed by atoms with E-state index in [1.165, 1.54) is 0 Å². The maximum Gasteiger partial charge on any atom is 0.258 e. The van der Waals surface area contributed by atoms with Gasteiger partial charge in [0.05, 0.1) is 28.3 Å². The minimum absolute atomic E-state index is 0.0917. The van der Waals surface area contributed by atoms with Crippen molar-refractivity contribution in [2.24, 2.45) is 0 Å². The molecule has 0 spiro atoms. The highest BCUT2D eigenvalue weighted by Crippen LogP contribution is 2.27. The van der Waals surface area contributed by atoms with Gasteiger partial charge in [-0.2, -0.15) is 5.10 Å². The minimum atomic E-state index is -0.113. The van der Waals surface area contributed by atoms with Crippen LogP contribution in [0.3, 0.4) is 0 Å². The Kier molecular flexibility index (Phi) is 5.59. The molecule has 0 bridgehead atoms. The lowest BCUT2D eigenvalue weighted by atomic mass is 10.1. The van der Waals surface area contributed by atoms with Crippen LogP contribution in [0.15, 0.2) is 95.9 Å². The van der Waals surface area contributed by atoms with Gasteiger partial charge in [-0.05, 0) is 38.2 Å². The average Bonchev–Trinajstić information content (AvgIpc) is 3.28. The normalized spacial score (nSPS) is 12.3. The quantitative estimate of drug-likeness (QED) is 0.409. The van der Waals surface area contributed by atoms with Crippen molar-refractivity contribution in [3.8, 4) is 16.9 Å². The molecule has 6 nitrogen and oxygen atoms in total. The monoisotopic (exact) mass is 435 g/mol. The average molecular weight is 436 g/mol. The van der Waals surface area contributed by atoms with Gasteiger partial charge in [-0.15, -0.1) is 0 Å². The number of fused-ring (bicyclic) bond motifs is 1. The lowest BCUT2D eigenvalue weighted by Crippen LogP contribution is -2.26. The van der Waals surface area contributed by atoms with E-state index in [0.717, 1.165) is 22.5 Å². The maximum absolute atomic E-state index is 12.6. The van der Waals surface area contributed by atoms with Crippen LogP contribution in [-0.4, -0.2) is 31.7 Å². The van der Waals surface area contributed by atoms with Crippen LogP contribution in [0.5, 0.6) is 0 Å². The molecule has 0 aliphatic rings. The predicted octanol–water partition coefficient (Wildman–Crippen LogP) is 4.97. The van der Waals surface area contributed by atoms with E-state index in [1.54, 1.807) is 6.07 Å². The molecule has 0 amide bonds. The first-order valence-corrected chi connectivity index (χ1v) is 11.0. The van der Waals surface area contributed by atoms with Crippen LogP contribution in [0.2, 0.25) is 0 Å². The molecule has 6 heteroatoms. The molecule has 0 fully saturated rings. The molecule has 0 saturated carbocycles. The molecule has 2 aromatic heterocycles. The fraction of sp³-hybridized carbons (Fsp3) is 0.148. The summed E-state index contributed by atoms with van der Waals surface area (Å²) < 4.78 is 1.92. The van der Waals surface area contributed by atoms with Gasteiger partial charge in [0.25, 0.3) is 5.56 Å². The Balaban J connectivity index is 1.49. The van der Waals surface area contributed by atoms with Gasteiger partial charge in [-0.25, -0.2) is 9.67 Å². The van der Waals surface area contributed by atoms with E-state index in [-0.39, 0.29) is 11.6 Å². The summed E-state index contributed by atoms with van der Waals surface area (Å²) in [6, 6.07) is 27.6. The highest BCUT2D eigenvalue weighted by Gasteiger charge is 2.20. The molecule has 0 radical (unpaired) electrons. The summed E-state index contributed by atoms with van der Waals surface area (Å²) in [5.41, 5.74) is 4.72. The molecule has 0 aliphatic carbocycles. The number of rotatable bonds is 6. The zero-order valence-corrected chi connectivity index (χ0v) is 18.6. The first-order valence-electron chi connectivity index (χ1n) is 11.0. The Morgan fingerprint density at radius 2 is 1.61 bits per heavy atom. The molecule has 1 atom stereocenters. The summed E-state index contributed by atoms with van der Waals surface area (Å²) >= 11 is 0. The van der Waals surface area contributed by atoms with Crippen molar-refractivity contribution in [1.82, 2.24) is 24.6 Å². The summed E-state index contributed by atoms with van der Waals surface area (Å²) in [6.45, 7) is 2.70. The number of benzene rings is 3. The van der Waals surface area contributed by atoms with E-state index in [0.29, 0.717) is 23.3 Å². The molecule has 1 unspecified atom stereocenters. The van der Waals surface area contributed by atoms with Gasteiger partial charge in [-0.3, -0.25) is 9.69 Å². The maximum atomic E-state index is 12.6. The smallest absolute Gasteiger partial charge is 0.258 e. The number of hydrogen-bond donors (Lipinski definition) is 1. The van der Waals surface area contributed by atoms with Crippen LogP contribution in [0.25, 0.3) is 27.8 Å². The molecule has 5 aromatic rings. The van der Waals surface area contributed by atoms with E-state index in [4.69, 9.17) is 10.1 Å². The van der Waals surface area contributed by atoms with Crippen molar-refractivity contribution >= 4 is 10.9 Å². The molecule has 5 rings (SSSR count). The van der Waals surface area contributed by atoms with Crippen molar-refractivity contribution in [2.75, 3.05) is 7.05 Å². The summed E-state index contributed by atoms with van der Waals surface area (Å²) in [7, 11) is 2.04. The van der Waals surface area contributed by atoms with E-state index in [9.17, 15) is 4.79 Å². The molecule has 164 valence electrons. The summed E-state index contributed by atoms with van der Waals surface area (Å²) in [5, 5.41) is 5.51. The van der Waals surface area contributed by atoms with Gasteiger partial charge >= 0.3 is 0 Å². The molecule has 33 heavy (non-hydrogen) atoms. The van der Waals surface area contributed by atoms with E-state index in [2.05, 4.69) is 35.1 Å². The van der Waals surface area contributed by atoms with Crippen LogP contribution >= 0.6 is 0 Å². The largest absolute Gasteiger partial charge is 0.309 e. The Labute approximate surface area is 192 Å². The third-order valence-electron chi connectivity index (χ3n) is 5.97. The Morgan fingerprint density at radius 3 is 2.36 bits per heavy atom. The number of para-hydroxylation sites is 2. The molecular formula is C27H25N5O. The fourth-order valence-corrected chi connectivity index (χ4v) is 3.99. The third-order valence-corrected chi connectivity index (χ3v) is 5.97. The van der Waals surface area contributed by atoms with Crippen LogP contribution in [0.4, 0.5) is 0 Å². The zero-order chi connectivity index (χ0) is 22.8. The number of nitrogens with one attached hydrogen (secondary N) is 1. The zero-order valence-electron chi connectivity index (χ0n) is 18.6. The summed E-state index contributed by atoms with van der Waals surface area (Å²) in [4.78, 5) is 22.4. The SMILES string of the molecule is CC(c1nc2ccccc2c(=O)[nH]1)N(C)Cc1cn(-c2ccccc2)nc1-c1ccccc1. The number of H-pyrrole nitrogens is 1. The van der Waals surface area contributed by atoms with Gasteiger partial charge in [0.2, 0.25) is 0 Å². The molecule has 3 aromatic carbocycles. The van der Waals surface area contributed by atoms with Crippen molar-refractivity contribution in [2.45, 2.75) is 19.5 Å². The highest BCUT2D eigenvalue weighted by molar-refractivity contribution is 5.77. The molecule has 1 N–H and O–H groups in total. The van der Waals surface area contributed by atoms with Gasteiger partial charge in [0.15, 0.2) is 0 Å². The standard InChI is InChI=1S/C27H25N5O/c1-19(26-28-24-16-10-9-15-23(24)27(33)29-26)31(2)17-21-18-32(22-13-7-4-8-14-22)30-25(21)20-11-5-3-6-12-20/h3-16,18-19H,17H2,1-2H3,(H,28,29,33). The predicted molar refractivity (Wildman–Crippen MR) is 131 cm³/mol. The topological polar surface area (TPSA) is 66.8 Å². The number of aromatic nitrogens is 4. The second kappa shape index (κ2) is 8.84. The van der Waals surface area contributed by atoms with Crippen LogP contribution < -0.4 is 5.56 Å². The minimum Gasteiger partial charge on any atom is -0.309 e. The van der Waals surface area contributed by atoms with E-state index >= 15 is 0 Å². The third kappa shape index (κ3) is 4.21. The van der Waals surface area contributed by atoms with Crippen LogP contribution in [0, 0.1) is 0 Å². The molecular weight excluding hydrogens is 410 g/mol. The lowest BCUT2D eigenvalue weighted by Gasteiger charge is -2.24.